The normalized spacial score (nSPS) is 13.1. The van der Waals surface area contributed by atoms with E-state index in [1.807, 2.05) is 24.3 Å². The summed E-state index contributed by atoms with van der Waals surface area (Å²) in [5.41, 5.74) is 3.23. The number of benzene rings is 2. The van der Waals surface area contributed by atoms with Crippen LogP contribution in [-0.4, -0.2) is 31.4 Å². The van der Waals surface area contributed by atoms with Gasteiger partial charge in [0.15, 0.2) is 6.10 Å². The Morgan fingerprint density at radius 1 is 0.828 bits per heavy atom. The maximum absolute atomic E-state index is 11.8. The molecular weight excluding hydrogens is 364 g/mol. The summed E-state index contributed by atoms with van der Waals surface area (Å²) in [6.07, 6.45) is 7.23. The summed E-state index contributed by atoms with van der Waals surface area (Å²) < 4.78 is 9.90. The first kappa shape index (κ1) is 23.1. The van der Waals surface area contributed by atoms with Crippen LogP contribution >= 0.6 is 0 Å². The Labute approximate surface area is 174 Å². The Hall–Kier alpha value is -2.17. The van der Waals surface area contributed by atoms with Gasteiger partial charge in [0.05, 0.1) is 7.11 Å². The van der Waals surface area contributed by atoms with E-state index in [0.717, 1.165) is 30.4 Å². The van der Waals surface area contributed by atoms with Gasteiger partial charge < -0.3 is 14.6 Å². The largest absolute Gasteiger partial charge is 0.467 e. The maximum Gasteiger partial charge on any atom is 0.338 e. The van der Waals surface area contributed by atoms with Gasteiger partial charge in [-0.3, -0.25) is 0 Å². The molecule has 2 aromatic carbocycles. The standard InChI is InChI=1S/C25H34O4/c1-28-24(25(27)29-2)23(26)22-19-13-12-18-21(22)17-11-6-4-3-5-8-14-20-15-9-7-10-16-20/h7,9-10,12-13,15-16,18-19,23-24,26H,3-6,8,11,14,17H2,1-2H3. The average Bonchev–Trinajstić information content (AvgIpc) is 2.76. The van der Waals surface area contributed by atoms with E-state index >= 15 is 0 Å². The molecule has 0 heterocycles. The van der Waals surface area contributed by atoms with Gasteiger partial charge in [-0.2, -0.15) is 0 Å². The molecule has 4 nitrogen and oxygen atoms in total. The van der Waals surface area contributed by atoms with Gasteiger partial charge in [0.1, 0.15) is 6.10 Å². The molecule has 0 amide bonds. The van der Waals surface area contributed by atoms with Crippen LogP contribution in [0.3, 0.4) is 0 Å². The second kappa shape index (κ2) is 13.1. The van der Waals surface area contributed by atoms with Crippen LogP contribution < -0.4 is 0 Å². The lowest BCUT2D eigenvalue weighted by molar-refractivity contribution is -0.159. The summed E-state index contributed by atoms with van der Waals surface area (Å²) in [5, 5.41) is 10.6. The lowest BCUT2D eigenvalue weighted by Crippen LogP contribution is -2.31. The van der Waals surface area contributed by atoms with Gasteiger partial charge in [0.25, 0.3) is 0 Å². The Kier molecular flexibility index (Phi) is 10.5. The summed E-state index contributed by atoms with van der Waals surface area (Å²) in [6.45, 7) is 0. The summed E-state index contributed by atoms with van der Waals surface area (Å²) in [7, 11) is 2.71. The van der Waals surface area contributed by atoms with Crippen LogP contribution in [0.5, 0.6) is 0 Å². The first-order chi connectivity index (χ1) is 14.2. The predicted molar refractivity (Wildman–Crippen MR) is 116 cm³/mol. The number of rotatable bonds is 13. The van der Waals surface area contributed by atoms with Crippen LogP contribution in [0.15, 0.2) is 54.6 Å². The molecule has 2 unspecified atom stereocenters. The molecule has 2 rings (SSSR count). The van der Waals surface area contributed by atoms with Gasteiger partial charge in [-0.15, -0.1) is 0 Å². The number of unbranched alkanes of at least 4 members (excludes halogenated alkanes) is 5. The van der Waals surface area contributed by atoms with Gasteiger partial charge in [-0.1, -0.05) is 80.3 Å². The average molecular weight is 399 g/mol. The molecule has 29 heavy (non-hydrogen) atoms. The SMILES string of the molecule is COC(=O)C(OC)C(O)c1ccccc1CCCCCCCCc1ccccc1. The monoisotopic (exact) mass is 398 g/mol. The molecule has 0 fully saturated rings. The molecule has 0 bridgehead atoms. The Morgan fingerprint density at radius 2 is 1.41 bits per heavy atom. The third-order valence-corrected chi connectivity index (χ3v) is 5.35. The molecule has 4 heteroatoms. The summed E-state index contributed by atoms with van der Waals surface area (Å²) >= 11 is 0. The molecule has 0 saturated carbocycles. The Bertz CT molecular complexity index is 714. The number of hydrogen-bond donors (Lipinski definition) is 1. The Morgan fingerprint density at radius 3 is 2.07 bits per heavy atom. The third-order valence-electron chi connectivity index (χ3n) is 5.35. The van der Waals surface area contributed by atoms with Crippen molar-refractivity contribution in [2.45, 2.75) is 63.6 Å². The first-order valence-corrected chi connectivity index (χ1v) is 10.6. The lowest BCUT2D eigenvalue weighted by Gasteiger charge is -2.22. The minimum Gasteiger partial charge on any atom is -0.467 e. The molecule has 0 spiro atoms. The molecule has 0 radical (unpaired) electrons. The van der Waals surface area contributed by atoms with Crippen molar-refractivity contribution in [3.8, 4) is 0 Å². The van der Waals surface area contributed by atoms with Crippen LogP contribution in [0.2, 0.25) is 0 Å². The molecule has 2 aromatic rings. The van der Waals surface area contributed by atoms with Crippen molar-refractivity contribution in [1.82, 2.24) is 0 Å². The molecule has 0 saturated heterocycles. The zero-order valence-corrected chi connectivity index (χ0v) is 17.7. The lowest BCUT2D eigenvalue weighted by atomic mass is 9.94. The van der Waals surface area contributed by atoms with Crippen LogP contribution in [0.1, 0.15) is 61.3 Å². The highest BCUT2D eigenvalue weighted by molar-refractivity contribution is 5.75. The highest BCUT2D eigenvalue weighted by Crippen LogP contribution is 2.25. The number of ether oxygens (including phenoxy) is 2. The van der Waals surface area contributed by atoms with E-state index in [9.17, 15) is 9.90 Å². The molecule has 158 valence electrons. The highest BCUT2D eigenvalue weighted by atomic mass is 16.6. The number of aliphatic hydroxyl groups excluding tert-OH is 1. The van der Waals surface area contributed by atoms with E-state index in [1.54, 1.807) is 0 Å². The zero-order chi connectivity index (χ0) is 20.9. The molecular formula is C25H34O4. The summed E-state index contributed by atoms with van der Waals surface area (Å²) in [5.74, 6) is -0.565. The fraction of sp³-hybridized carbons (Fsp3) is 0.480. The molecule has 0 aliphatic heterocycles. The van der Waals surface area contributed by atoms with Gasteiger partial charge in [-0.25, -0.2) is 4.79 Å². The van der Waals surface area contributed by atoms with Gasteiger partial charge >= 0.3 is 5.97 Å². The highest BCUT2D eigenvalue weighted by Gasteiger charge is 2.30. The van der Waals surface area contributed by atoms with Crippen molar-refractivity contribution in [3.05, 3.63) is 71.3 Å². The summed E-state index contributed by atoms with van der Waals surface area (Å²) in [4.78, 5) is 11.8. The zero-order valence-electron chi connectivity index (χ0n) is 17.7. The first-order valence-electron chi connectivity index (χ1n) is 10.6. The molecule has 0 aromatic heterocycles. The second-order valence-corrected chi connectivity index (χ2v) is 7.43. The molecule has 0 aliphatic rings. The van der Waals surface area contributed by atoms with E-state index in [4.69, 9.17) is 9.47 Å². The fourth-order valence-electron chi connectivity index (χ4n) is 3.68. The fourth-order valence-corrected chi connectivity index (χ4v) is 3.68. The van der Waals surface area contributed by atoms with E-state index < -0.39 is 18.2 Å². The number of carbonyl (C=O) groups excluding carboxylic acids is 1. The molecule has 1 N–H and O–H groups in total. The topological polar surface area (TPSA) is 55.8 Å². The number of esters is 1. The number of hydrogen-bond acceptors (Lipinski definition) is 4. The second-order valence-electron chi connectivity index (χ2n) is 7.43. The molecule has 0 aliphatic carbocycles. The van der Waals surface area contributed by atoms with Crippen LogP contribution in [0.25, 0.3) is 0 Å². The Balaban J connectivity index is 1.72. The van der Waals surface area contributed by atoms with E-state index in [2.05, 4.69) is 30.3 Å². The third kappa shape index (κ3) is 7.64. The maximum atomic E-state index is 11.8. The van der Waals surface area contributed by atoms with Crippen molar-refractivity contribution >= 4 is 5.97 Å². The number of aryl methyl sites for hydroxylation is 2. The summed E-state index contributed by atoms with van der Waals surface area (Å²) in [6, 6.07) is 18.4. The van der Waals surface area contributed by atoms with Crippen molar-refractivity contribution < 1.29 is 19.4 Å². The smallest absolute Gasteiger partial charge is 0.338 e. The van der Waals surface area contributed by atoms with Crippen LogP contribution in [-0.2, 0) is 27.1 Å². The van der Waals surface area contributed by atoms with Crippen molar-refractivity contribution in [1.29, 1.82) is 0 Å². The van der Waals surface area contributed by atoms with Crippen LogP contribution in [0, 0.1) is 0 Å². The number of carbonyl (C=O) groups is 1. The molecule has 2 atom stereocenters. The van der Waals surface area contributed by atoms with Crippen molar-refractivity contribution in [2.75, 3.05) is 14.2 Å². The number of methoxy groups -OCH3 is 2. The van der Waals surface area contributed by atoms with Gasteiger partial charge in [0.2, 0.25) is 0 Å². The van der Waals surface area contributed by atoms with Crippen molar-refractivity contribution in [3.63, 3.8) is 0 Å². The predicted octanol–water partition coefficient (Wildman–Crippen LogP) is 5.03. The number of aliphatic hydroxyl groups is 1. The van der Waals surface area contributed by atoms with E-state index in [-0.39, 0.29) is 0 Å². The minimum absolute atomic E-state index is 0.565. The van der Waals surface area contributed by atoms with Gasteiger partial charge in [-0.05, 0) is 42.4 Å². The van der Waals surface area contributed by atoms with E-state index in [1.165, 1.54) is 51.9 Å². The van der Waals surface area contributed by atoms with Crippen LogP contribution in [0.4, 0.5) is 0 Å². The quantitative estimate of drug-likeness (QED) is 0.380. The minimum atomic E-state index is -1.03. The van der Waals surface area contributed by atoms with Gasteiger partial charge in [0, 0.05) is 7.11 Å². The van der Waals surface area contributed by atoms with E-state index in [0.29, 0.717) is 0 Å². The van der Waals surface area contributed by atoms with Crippen molar-refractivity contribution in [2.24, 2.45) is 0 Å².